The maximum atomic E-state index is 12.2. The van der Waals surface area contributed by atoms with Crippen LogP contribution in [0.3, 0.4) is 0 Å². The summed E-state index contributed by atoms with van der Waals surface area (Å²) in [6, 6.07) is 3.99. The van der Waals surface area contributed by atoms with Crippen LogP contribution in [0.15, 0.2) is 17.2 Å². The molecule has 0 aliphatic carbocycles. The predicted octanol–water partition coefficient (Wildman–Crippen LogP) is 1.27. The Bertz CT molecular complexity index is 702. The molecule has 24 heavy (non-hydrogen) atoms. The van der Waals surface area contributed by atoms with Gasteiger partial charge >= 0.3 is 0 Å². The lowest BCUT2D eigenvalue weighted by Crippen LogP contribution is -2.41. The quantitative estimate of drug-likeness (QED) is 0.871. The monoisotopic (exact) mass is 330 g/mol. The summed E-state index contributed by atoms with van der Waals surface area (Å²) >= 11 is 0. The first-order valence-corrected chi connectivity index (χ1v) is 7.76. The fraction of sp³-hybridized carbons (Fsp3) is 0.412. The van der Waals surface area contributed by atoms with E-state index in [4.69, 9.17) is 0 Å². The first-order valence-electron chi connectivity index (χ1n) is 7.76. The zero-order chi connectivity index (χ0) is 17.9. The Balaban J connectivity index is 1.99. The normalized spacial score (nSPS) is 13.8. The number of carbonyl (C=O) groups excluding carboxylic acids is 3. The molecule has 0 saturated carbocycles. The van der Waals surface area contributed by atoms with Gasteiger partial charge < -0.3 is 10.2 Å². The maximum absolute atomic E-state index is 12.2. The van der Waals surface area contributed by atoms with Gasteiger partial charge in [-0.1, -0.05) is 17.7 Å². The summed E-state index contributed by atoms with van der Waals surface area (Å²) < 4.78 is 0. The van der Waals surface area contributed by atoms with E-state index >= 15 is 0 Å². The van der Waals surface area contributed by atoms with E-state index in [1.165, 1.54) is 11.9 Å². The minimum atomic E-state index is -0.359. The first-order chi connectivity index (χ1) is 11.3. The number of nitrogens with one attached hydrogen (secondary N) is 2. The smallest absolute Gasteiger partial charge is 0.270 e. The Labute approximate surface area is 141 Å². The van der Waals surface area contributed by atoms with Gasteiger partial charge in [0.25, 0.3) is 5.91 Å². The van der Waals surface area contributed by atoms with Crippen LogP contribution in [0, 0.1) is 20.8 Å². The molecule has 0 aromatic heterocycles. The molecule has 0 saturated heterocycles. The van der Waals surface area contributed by atoms with Crippen LogP contribution in [0.2, 0.25) is 0 Å². The average Bonchev–Trinajstić information content (AvgIpc) is 2.50. The Kier molecular flexibility index (Phi) is 5.33. The SMILES string of the molecule is Cc1cc(C)c(NC(=O)CN(C)C(=O)C2=NNC(=O)CC2)c(C)c1. The average molecular weight is 330 g/mol. The minimum absolute atomic E-state index is 0.0848. The lowest BCUT2D eigenvalue weighted by atomic mass is 10.1. The van der Waals surface area contributed by atoms with Gasteiger partial charge in [-0.05, 0) is 31.9 Å². The molecule has 0 unspecified atom stereocenters. The molecule has 2 N–H and O–H groups in total. The topological polar surface area (TPSA) is 90.9 Å². The summed E-state index contributed by atoms with van der Waals surface area (Å²) in [6.07, 6.45) is 0.513. The van der Waals surface area contributed by atoms with Crippen LogP contribution in [0.25, 0.3) is 0 Å². The fourth-order valence-electron chi connectivity index (χ4n) is 2.69. The summed E-state index contributed by atoms with van der Waals surface area (Å²) in [6.45, 7) is 5.79. The minimum Gasteiger partial charge on any atom is -0.331 e. The van der Waals surface area contributed by atoms with Crippen LogP contribution in [-0.4, -0.2) is 41.9 Å². The largest absolute Gasteiger partial charge is 0.331 e. The first kappa shape index (κ1) is 17.7. The van der Waals surface area contributed by atoms with Gasteiger partial charge in [0.2, 0.25) is 11.8 Å². The van der Waals surface area contributed by atoms with Gasteiger partial charge in [0.15, 0.2) is 0 Å². The molecule has 7 nitrogen and oxygen atoms in total. The van der Waals surface area contributed by atoms with Crippen molar-refractivity contribution < 1.29 is 14.4 Å². The third-order valence-corrected chi connectivity index (χ3v) is 3.82. The molecule has 0 spiro atoms. The highest BCUT2D eigenvalue weighted by Crippen LogP contribution is 2.21. The van der Waals surface area contributed by atoms with Crippen molar-refractivity contribution in [3.63, 3.8) is 0 Å². The van der Waals surface area contributed by atoms with Crippen molar-refractivity contribution in [3.05, 3.63) is 28.8 Å². The second-order valence-electron chi connectivity index (χ2n) is 6.08. The molecule has 1 aromatic rings. The van der Waals surface area contributed by atoms with Crippen molar-refractivity contribution in [3.8, 4) is 0 Å². The Morgan fingerprint density at radius 1 is 1.21 bits per heavy atom. The van der Waals surface area contributed by atoms with Gasteiger partial charge in [-0.25, -0.2) is 5.43 Å². The van der Waals surface area contributed by atoms with Gasteiger partial charge in [0.05, 0.1) is 6.54 Å². The van der Waals surface area contributed by atoms with Crippen molar-refractivity contribution >= 4 is 29.1 Å². The number of nitrogens with zero attached hydrogens (tertiary/aromatic N) is 2. The summed E-state index contributed by atoms with van der Waals surface area (Å²) in [4.78, 5) is 36.8. The van der Waals surface area contributed by atoms with Crippen molar-refractivity contribution in [1.29, 1.82) is 0 Å². The summed E-state index contributed by atoms with van der Waals surface area (Å²) in [5.74, 6) is -0.846. The number of likely N-dealkylation sites (N-methyl/N-ethyl adjacent to an activating group) is 1. The van der Waals surface area contributed by atoms with Gasteiger partial charge in [-0.2, -0.15) is 5.10 Å². The Morgan fingerprint density at radius 2 is 1.83 bits per heavy atom. The van der Waals surface area contributed by atoms with Gasteiger partial charge in [-0.15, -0.1) is 0 Å². The molecule has 1 aliphatic heterocycles. The number of amides is 3. The molecule has 7 heteroatoms. The van der Waals surface area contributed by atoms with E-state index in [2.05, 4.69) is 15.8 Å². The van der Waals surface area contributed by atoms with E-state index in [0.29, 0.717) is 0 Å². The molecule has 1 aromatic carbocycles. The highest BCUT2D eigenvalue weighted by atomic mass is 16.2. The summed E-state index contributed by atoms with van der Waals surface area (Å²) in [7, 11) is 1.54. The molecule has 3 amide bonds. The third-order valence-electron chi connectivity index (χ3n) is 3.82. The zero-order valence-corrected chi connectivity index (χ0v) is 14.4. The van der Waals surface area contributed by atoms with E-state index in [9.17, 15) is 14.4 Å². The fourth-order valence-corrected chi connectivity index (χ4v) is 2.69. The van der Waals surface area contributed by atoms with E-state index < -0.39 is 0 Å². The standard InChI is InChI=1S/C17H22N4O3/c1-10-7-11(2)16(12(3)8-10)18-15(23)9-21(4)17(24)13-5-6-14(22)20-19-13/h7-8H,5-6,9H2,1-4H3,(H,18,23)(H,20,22). The van der Waals surface area contributed by atoms with Crippen LogP contribution in [0.5, 0.6) is 0 Å². The highest BCUT2D eigenvalue weighted by molar-refractivity contribution is 6.39. The van der Waals surface area contributed by atoms with Gasteiger partial charge in [0, 0.05) is 25.6 Å². The van der Waals surface area contributed by atoms with E-state index in [1.807, 2.05) is 32.9 Å². The van der Waals surface area contributed by atoms with Crippen molar-refractivity contribution in [2.24, 2.45) is 5.10 Å². The van der Waals surface area contributed by atoms with Crippen molar-refractivity contribution in [1.82, 2.24) is 10.3 Å². The lowest BCUT2D eigenvalue weighted by molar-refractivity contribution is -0.128. The molecule has 128 valence electrons. The molecule has 1 aliphatic rings. The maximum Gasteiger partial charge on any atom is 0.270 e. The number of anilines is 1. The number of hydrogen-bond acceptors (Lipinski definition) is 4. The molecule has 0 fully saturated rings. The lowest BCUT2D eigenvalue weighted by Gasteiger charge is -2.20. The molecular weight excluding hydrogens is 308 g/mol. The number of rotatable bonds is 4. The zero-order valence-electron chi connectivity index (χ0n) is 14.4. The van der Waals surface area contributed by atoms with Crippen LogP contribution in [-0.2, 0) is 14.4 Å². The highest BCUT2D eigenvalue weighted by Gasteiger charge is 2.23. The predicted molar refractivity (Wildman–Crippen MR) is 91.7 cm³/mol. The second kappa shape index (κ2) is 7.25. The number of hydrogen-bond donors (Lipinski definition) is 2. The number of benzene rings is 1. The summed E-state index contributed by atoms with van der Waals surface area (Å²) in [5, 5.41) is 6.61. The molecule has 0 radical (unpaired) electrons. The molecule has 0 atom stereocenters. The van der Waals surface area contributed by atoms with Gasteiger partial charge in [0.1, 0.15) is 5.71 Å². The Morgan fingerprint density at radius 3 is 2.38 bits per heavy atom. The van der Waals surface area contributed by atoms with Crippen molar-refractivity contribution in [2.45, 2.75) is 33.6 Å². The number of carbonyl (C=O) groups is 3. The molecule has 1 heterocycles. The third kappa shape index (κ3) is 4.18. The molecule has 0 bridgehead atoms. The number of aryl methyl sites for hydroxylation is 3. The van der Waals surface area contributed by atoms with E-state index in [-0.39, 0.29) is 42.8 Å². The Hall–Kier alpha value is -2.70. The molecular formula is C17H22N4O3. The summed E-state index contributed by atoms with van der Waals surface area (Å²) in [5.41, 5.74) is 6.40. The van der Waals surface area contributed by atoms with E-state index in [0.717, 1.165) is 22.4 Å². The van der Waals surface area contributed by atoms with Crippen LogP contribution < -0.4 is 10.7 Å². The number of hydrazone groups is 1. The van der Waals surface area contributed by atoms with Crippen LogP contribution in [0.4, 0.5) is 5.69 Å². The van der Waals surface area contributed by atoms with Crippen molar-refractivity contribution in [2.75, 3.05) is 18.9 Å². The van der Waals surface area contributed by atoms with E-state index in [1.54, 1.807) is 0 Å². The van der Waals surface area contributed by atoms with Crippen LogP contribution >= 0.6 is 0 Å². The molecule has 2 rings (SSSR count). The second-order valence-corrected chi connectivity index (χ2v) is 6.08. The van der Waals surface area contributed by atoms with Crippen LogP contribution in [0.1, 0.15) is 29.5 Å². The van der Waals surface area contributed by atoms with Gasteiger partial charge in [-0.3, -0.25) is 14.4 Å².